The molecule has 0 fully saturated rings. The predicted molar refractivity (Wildman–Crippen MR) is 80.5 cm³/mol. The SMILES string of the molecule is Cl.N[C@@H](c1ccc(OC(F)(F)F)cc1)c1ccccc1Br. The van der Waals surface area contributed by atoms with Gasteiger partial charge in [0.1, 0.15) is 5.75 Å². The molecule has 0 aliphatic heterocycles. The van der Waals surface area contributed by atoms with E-state index in [2.05, 4.69) is 20.7 Å². The Morgan fingerprint density at radius 3 is 2.10 bits per heavy atom. The largest absolute Gasteiger partial charge is 0.573 e. The number of hydrogen-bond acceptors (Lipinski definition) is 2. The molecule has 0 aliphatic rings. The molecule has 0 aromatic heterocycles. The van der Waals surface area contributed by atoms with E-state index >= 15 is 0 Å². The fraction of sp³-hybridized carbons (Fsp3) is 0.143. The molecule has 0 amide bonds. The number of ether oxygens (including phenoxy) is 1. The standard InChI is InChI=1S/C14H11BrF3NO.ClH/c15-12-4-2-1-3-11(12)13(19)9-5-7-10(8-6-9)20-14(16,17)18;/h1-8,13H,19H2;1H/t13-;/m0./s1. The lowest BCUT2D eigenvalue weighted by Crippen LogP contribution is -2.17. The molecule has 0 radical (unpaired) electrons. The predicted octanol–water partition coefficient (Wildman–Crippen LogP) is 4.82. The number of hydrogen-bond donors (Lipinski definition) is 1. The summed E-state index contributed by atoms with van der Waals surface area (Å²) in [4.78, 5) is 0. The van der Waals surface area contributed by atoms with Crippen LogP contribution in [-0.4, -0.2) is 6.36 Å². The zero-order valence-corrected chi connectivity index (χ0v) is 13.0. The maximum absolute atomic E-state index is 12.1. The molecule has 0 aliphatic carbocycles. The lowest BCUT2D eigenvalue weighted by atomic mass is 10.00. The first-order chi connectivity index (χ1) is 9.37. The average molecular weight is 383 g/mol. The Hall–Kier alpha value is -1.24. The number of rotatable bonds is 3. The van der Waals surface area contributed by atoms with Crippen molar-refractivity contribution in [1.82, 2.24) is 0 Å². The number of nitrogens with two attached hydrogens (primary N) is 1. The molecule has 21 heavy (non-hydrogen) atoms. The molecule has 7 heteroatoms. The van der Waals surface area contributed by atoms with E-state index in [0.717, 1.165) is 10.0 Å². The molecule has 1 atom stereocenters. The van der Waals surface area contributed by atoms with Crippen molar-refractivity contribution in [2.45, 2.75) is 12.4 Å². The van der Waals surface area contributed by atoms with Gasteiger partial charge in [0.15, 0.2) is 0 Å². The van der Waals surface area contributed by atoms with Crippen LogP contribution in [0.15, 0.2) is 53.0 Å². The van der Waals surface area contributed by atoms with Gasteiger partial charge in [-0.25, -0.2) is 0 Å². The Morgan fingerprint density at radius 1 is 1.00 bits per heavy atom. The minimum absolute atomic E-state index is 0. The molecule has 0 saturated carbocycles. The molecule has 0 unspecified atom stereocenters. The third-order valence-electron chi connectivity index (χ3n) is 2.71. The average Bonchev–Trinajstić information content (AvgIpc) is 2.37. The van der Waals surface area contributed by atoms with Gasteiger partial charge < -0.3 is 10.5 Å². The number of halogens is 5. The van der Waals surface area contributed by atoms with E-state index < -0.39 is 12.4 Å². The minimum Gasteiger partial charge on any atom is -0.406 e. The Kier molecular flexibility index (Phi) is 6.07. The Labute approximate surface area is 134 Å². The first kappa shape index (κ1) is 17.8. The minimum atomic E-state index is -4.69. The van der Waals surface area contributed by atoms with Crippen LogP contribution in [0.2, 0.25) is 0 Å². The van der Waals surface area contributed by atoms with Crippen LogP contribution in [0.5, 0.6) is 5.75 Å². The van der Waals surface area contributed by atoms with Gasteiger partial charge in [0.2, 0.25) is 0 Å². The van der Waals surface area contributed by atoms with Gasteiger partial charge in [0.05, 0.1) is 6.04 Å². The van der Waals surface area contributed by atoms with Gasteiger partial charge in [0.25, 0.3) is 0 Å². The zero-order chi connectivity index (χ0) is 14.8. The smallest absolute Gasteiger partial charge is 0.406 e. The zero-order valence-electron chi connectivity index (χ0n) is 10.6. The molecule has 0 spiro atoms. The quantitative estimate of drug-likeness (QED) is 0.826. The van der Waals surface area contributed by atoms with Crippen LogP contribution in [0.4, 0.5) is 13.2 Å². The van der Waals surface area contributed by atoms with Crippen LogP contribution >= 0.6 is 28.3 Å². The molecule has 0 saturated heterocycles. The third-order valence-corrected chi connectivity index (χ3v) is 3.44. The van der Waals surface area contributed by atoms with Crippen molar-refractivity contribution in [1.29, 1.82) is 0 Å². The molecule has 0 heterocycles. The van der Waals surface area contributed by atoms with Crippen LogP contribution in [0.1, 0.15) is 17.2 Å². The van der Waals surface area contributed by atoms with E-state index in [1.807, 2.05) is 24.3 Å². The van der Waals surface area contributed by atoms with E-state index in [1.54, 1.807) is 0 Å². The van der Waals surface area contributed by atoms with E-state index in [1.165, 1.54) is 24.3 Å². The molecule has 114 valence electrons. The first-order valence-electron chi connectivity index (χ1n) is 5.72. The van der Waals surface area contributed by atoms with Gasteiger partial charge in [-0.2, -0.15) is 0 Å². The van der Waals surface area contributed by atoms with Crippen LogP contribution in [0.25, 0.3) is 0 Å². The molecule has 2 aromatic rings. The van der Waals surface area contributed by atoms with Crippen molar-refractivity contribution in [2.24, 2.45) is 5.73 Å². The summed E-state index contributed by atoms with van der Waals surface area (Å²) in [5.74, 6) is -0.263. The van der Waals surface area contributed by atoms with Crippen LogP contribution in [0.3, 0.4) is 0 Å². The Bertz CT molecular complexity index is 590. The van der Waals surface area contributed by atoms with E-state index in [-0.39, 0.29) is 18.2 Å². The maximum atomic E-state index is 12.1. The summed E-state index contributed by atoms with van der Waals surface area (Å²) in [5.41, 5.74) is 7.66. The van der Waals surface area contributed by atoms with Crippen molar-refractivity contribution >= 4 is 28.3 Å². The van der Waals surface area contributed by atoms with Crippen molar-refractivity contribution in [2.75, 3.05) is 0 Å². The summed E-state index contributed by atoms with van der Waals surface area (Å²) in [6.07, 6.45) is -4.69. The van der Waals surface area contributed by atoms with Crippen LogP contribution in [-0.2, 0) is 0 Å². The van der Waals surface area contributed by atoms with E-state index in [4.69, 9.17) is 5.73 Å². The monoisotopic (exact) mass is 381 g/mol. The van der Waals surface area contributed by atoms with Gasteiger partial charge in [-0.3, -0.25) is 0 Å². The normalized spacial score (nSPS) is 12.4. The Morgan fingerprint density at radius 2 is 1.57 bits per heavy atom. The highest BCUT2D eigenvalue weighted by atomic mass is 79.9. The van der Waals surface area contributed by atoms with Gasteiger partial charge in [0, 0.05) is 4.47 Å². The second-order valence-corrected chi connectivity index (χ2v) is 4.97. The molecule has 2 rings (SSSR count). The van der Waals surface area contributed by atoms with Gasteiger partial charge >= 0.3 is 6.36 Å². The Balaban J connectivity index is 0.00000220. The number of benzene rings is 2. The molecule has 0 bridgehead atoms. The molecule has 2 aromatic carbocycles. The lowest BCUT2D eigenvalue weighted by Gasteiger charge is -2.15. The summed E-state index contributed by atoms with van der Waals surface area (Å²) < 4.78 is 40.9. The second kappa shape index (κ2) is 7.15. The summed E-state index contributed by atoms with van der Waals surface area (Å²) in [5, 5.41) is 0. The van der Waals surface area contributed by atoms with E-state index in [9.17, 15) is 13.2 Å². The highest BCUT2D eigenvalue weighted by molar-refractivity contribution is 9.10. The van der Waals surface area contributed by atoms with Crippen molar-refractivity contribution in [3.63, 3.8) is 0 Å². The summed E-state index contributed by atoms with van der Waals surface area (Å²) in [7, 11) is 0. The lowest BCUT2D eigenvalue weighted by molar-refractivity contribution is -0.274. The fourth-order valence-electron chi connectivity index (χ4n) is 1.78. The van der Waals surface area contributed by atoms with Crippen molar-refractivity contribution in [3.8, 4) is 5.75 Å². The topological polar surface area (TPSA) is 35.2 Å². The second-order valence-electron chi connectivity index (χ2n) is 4.12. The molecular weight excluding hydrogens is 371 g/mol. The van der Waals surface area contributed by atoms with Crippen LogP contribution < -0.4 is 10.5 Å². The van der Waals surface area contributed by atoms with Crippen molar-refractivity contribution in [3.05, 3.63) is 64.1 Å². The highest BCUT2D eigenvalue weighted by Gasteiger charge is 2.31. The fourth-order valence-corrected chi connectivity index (χ4v) is 2.32. The van der Waals surface area contributed by atoms with Gasteiger partial charge in [-0.15, -0.1) is 25.6 Å². The van der Waals surface area contributed by atoms with Crippen molar-refractivity contribution < 1.29 is 17.9 Å². The number of alkyl halides is 3. The van der Waals surface area contributed by atoms with Gasteiger partial charge in [-0.1, -0.05) is 46.3 Å². The van der Waals surface area contributed by atoms with E-state index in [0.29, 0.717) is 5.56 Å². The first-order valence-corrected chi connectivity index (χ1v) is 6.52. The third kappa shape index (κ3) is 4.91. The maximum Gasteiger partial charge on any atom is 0.573 e. The summed E-state index contributed by atoms with van der Waals surface area (Å²) in [6, 6.07) is 12.5. The van der Waals surface area contributed by atoms with Gasteiger partial charge in [-0.05, 0) is 29.3 Å². The highest BCUT2D eigenvalue weighted by Crippen LogP contribution is 2.29. The molecule has 2 N–H and O–H groups in total. The molecular formula is C14H12BrClF3NO. The summed E-state index contributed by atoms with van der Waals surface area (Å²) >= 11 is 3.39. The molecule has 2 nitrogen and oxygen atoms in total. The van der Waals surface area contributed by atoms with Crippen LogP contribution in [0, 0.1) is 0 Å². The summed E-state index contributed by atoms with van der Waals surface area (Å²) in [6.45, 7) is 0.